The average Bonchev–Trinajstić information content (AvgIpc) is 0. The SMILES string of the molecule is N.[B].[Ge].[Te]. The van der Waals surface area contributed by atoms with E-state index in [1.54, 1.807) is 0 Å². The van der Waals surface area contributed by atoms with Crippen LogP contribution in [-0.2, 0) is 0 Å². The minimum absolute atomic E-state index is 0. The summed E-state index contributed by atoms with van der Waals surface area (Å²) < 4.78 is 0. The summed E-state index contributed by atoms with van der Waals surface area (Å²) in [6.45, 7) is 0. The Hall–Kier alpha value is 1.36. The predicted molar refractivity (Wildman–Crippen MR) is 22.3 cm³/mol. The molecule has 4 heteroatoms. The fourth-order valence-corrected chi connectivity index (χ4v) is 0. The molecule has 0 aromatic heterocycles. The van der Waals surface area contributed by atoms with Crippen LogP contribution in [0.2, 0.25) is 0 Å². The summed E-state index contributed by atoms with van der Waals surface area (Å²) in [6.07, 6.45) is 0. The van der Waals surface area contributed by atoms with E-state index in [9.17, 15) is 0 Å². The van der Waals surface area contributed by atoms with Gasteiger partial charge in [-0.2, -0.15) is 0 Å². The quantitative estimate of drug-likeness (QED) is 0.531. The third-order valence-corrected chi connectivity index (χ3v) is 0. The molecule has 0 aromatic rings. The van der Waals surface area contributed by atoms with Crippen LogP contribution >= 0.6 is 0 Å². The van der Waals surface area contributed by atoms with E-state index in [4.69, 9.17) is 0 Å². The first-order chi connectivity index (χ1) is 0. The van der Waals surface area contributed by atoms with Crippen molar-refractivity contribution in [2.45, 2.75) is 0 Å². The van der Waals surface area contributed by atoms with Crippen molar-refractivity contribution in [3.05, 3.63) is 0 Å². The summed E-state index contributed by atoms with van der Waals surface area (Å²) in [6, 6.07) is 0. The average molecular weight is 228 g/mol. The monoisotopic (exact) mass is 232 g/mol. The number of rotatable bonds is 0. The minimum Gasteiger partial charge on any atom is -0.344 e. The Morgan fingerprint density at radius 1 is 1.00 bits per heavy atom. The van der Waals surface area contributed by atoms with Crippen LogP contribution in [0.4, 0.5) is 0 Å². The Kier molecular flexibility index (Phi) is 368. The van der Waals surface area contributed by atoms with Gasteiger partial charge in [0.1, 0.15) is 0 Å². The van der Waals surface area contributed by atoms with Gasteiger partial charge >= 0.3 is 0 Å². The number of hydrogen-bond donors (Lipinski definition) is 1. The summed E-state index contributed by atoms with van der Waals surface area (Å²) in [5.41, 5.74) is 0. The summed E-state index contributed by atoms with van der Waals surface area (Å²) in [7, 11) is 0. The second-order valence-corrected chi connectivity index (χ2v) is 0. The van der Waals surface area contributed by atoms with Crippen molar-refractivity contribution in [2.75, 3.05) is 0 Å². The fourth-order valence-electron chi connectivity index (χ4n) is 0. The molecule has 9 radical (unpaired) electrons. The van der Waals surface area contributed by atoms with Crippen molar-refractivity contribution in [3.63, 3.8) is 0 Å². The molecule has 0 aliphatic carbocycles. The zero-order chi connectivity index (χ0) is 0. The Labute approximate surface area is 55.8 Å². The molecule has 4 heavy (non-hydrogen) atoms. The predicted octanol–water partition coefficient (Wildman–Crippen LogP) is -0.980. The van der Waals surface area contributed by atoms with Crippen LogP contribution in [0.1, 0.15) is 0 Å². The van der Waals surface area contributed by atoms with E-state index in [0.29, 0.717) is 0 Å². The molecule has 3 N–H and O–H groups in total. The summed E-state index contributed by atoms with van der Waals surface area (Å²) in [5.74, 6) is 0. The molecule has 0 saturated heterocycles. The molecule has 1 nitrogen and oxygen atoms in total. The Morgan fingerprint density at radius 2 is 1.00 bits per heavy atom. The van der Waals surface area contributed by atoms with Crippen LogP contribution < -0.4 is 6.15 Å². The van der Waals surface area contributed by atoms with Gasteiger partial charge in [-0.05, 0) is 0 Å². The van der Waals surface area contributed by atoms with E-state index in [1.165, 1.54) is 0 Å². The molecule has 0 amide bonds. The van der Waals surface area contributed by atoms with Crippen LogP contribution in [0, 0.1) is 0 Å². The van der Waals surface area contributed by atoms with Gasteiger partial charge < -0.3 is 6.15 Å². The van der Waals surface area contributed by atoms with Crippen LogP contribution in [0.15, 0.2) is 0 Å². The Balaban J connectivity index is 0. The summed E-state index contributed by atoms with van der Waals surface area (Å²) in [5, 5.41) is 0. The largest absolute Gasteiger partial charge is 0.344 e. The first kappa shape index (κ1) is 55.2. The van der Waals surface area contributed by atoms with E-state index >= 15 is 0 Å². The normalized spacial score (nSPS) is 0. The van der Waals surface area contributed by atoms with Crippen molar-refractivity contribution in [3.8, 4) is 0 Å². The first-order valence-corrected chi connectivity index (χ1v) is 0. The molecule has 0 fully saturated rings. The van der Waals surface area contributed by atoms with Crippen LogP contribution in [0.3, 0.4) is 0 Å². The van der Waals surface area contributed by atoms with Crippen molar-refractivity contribution < 1.29 is 0 Å². The maximum absolute atomic E-state index is 0. The minimum atomic E-state index is 0. The van der Waals surface area contributed by atoms with E-state index in [1.807, 2.05) is 0 Å². The standard InChI is InChI=1S/B.Ge.H3N.Te/h;;1H3;. The molecule has 0 aliphatic rings. The van der Waals surface area contributed by atoms with Gasteiger partial charge in [-0.15, -0.1) is 0 Å². The molecule has 21 valence electrons. The zero-order valence-electron chi connectivity index (χ0n) is 2.19. The molecular weight excluding hydrogens is 225 g/mol. The summed E-state index contributed by atoms with van der Waals surface area (Å²) in [4.78, 5) is 0. The Morgan fingerprint density at radius 3 is 1.00 bits per heavy atom. The van der Waals surface area contributed by atoms with Gasteiger partial charge in [0.25, 0.3) is 0 Å². The Bertz CT molecular complexity index is 8.00. The molecule has 0 rings (SSSR count). The molecule has 0 atom stereocenters. The second-order valence-electron chi connectivity index (χ2n) is 0. The summed E-state index contributed by atoms with van der Waals surface area (Å²) >= 11 is 0. The van der Waals surface area contributed by atoms with Gasteiger partial charge in [-0.1, -0.05) is 0 Å². The van der Waals surface area contributed by atoms with Crippen molar-refractivity contribution in [1.29, 1.82) is 0 Å². The molecular formula is H3BGeNTe. The molecule has 0 unspecified atom stereocenters. The molecule has 0 aliphatic heterocycles. The van der Waals surface area contributed by atoms with Crippen LogP contribution in [0.5, 0.6) is 0 Å². The van der Waals surface area contributed by atoms with Gasteiger partial charge in [0.15, 0.2) is 0 Å². The zero-order valence-corrected chi connectivity index (χ0v) is 6.62. The van der Waals surface area contributed by atoms with Crippen LogP contribution in [-0.4, -0.2) is 49.7 Å². The van der Waals surface area contributed by atoms with Gasteiger partial charge in [-0.25, -0.2) is 0 Å². The molecule has 0 aromatic carbocycles. The molecule has 0 spiro atoms. The fraction of sp³-hybridized carbons (Fsp3) is 0. The number of hydrogen-bond acceptors (Lipinski definition) is 1. The maximum atomic E-state index is 0. The van der Waals surface area contributed by atoms with E-state index < -0.39 is 0 Å². The molecule has 0 bridgehead atoms. The smallest absolute Gasteiger partial charge is 0 e. The third-order valence-electron chi connectivity index (χ3n) is 0. The van der Waals surface area contributed by atoms with Crippen molar-refractivity contribution >= 4 is 49.7 Å². The van der Waals surface area contributed by atoms with Crippen LogP contribution in [0.25, 0.3) is 0 Å². The van der Waals surface area contributed by atoms with Gasteiger partial charge in [0.05, 0.1) is 0 Å². The second kappa shape index (κ2) is 26.7. The molecule has 0 saturated carbocycles. The topological polar surface area (TPSA) is 35.0 Å². The van der Waals surface area contributed by atoms with E-state index in [2.05, 4.69) is 0 Å². The van der Waals surface area contributed by atoms with Gasteiger partial charge in [-0.3, -0.25) is 0 Å². The van der Waals surface area contributed by atoms with Crippen molar-refractivity contribution in [1.82, 2.24) is 6.15 Å². The molecule has 0 heterocycles. The van der Waals surface area contributed by atoms with E-state index in [-0.39, 0.29) is 55.8 Å². The van der Waals surface area contributed by atoms with Crippen molar-refractivity contribution in [2.24, 2.45) is 0 Å². The first-order valence-electron chi connectivity index (χ1n) is 0. The van der Waals surface area contributed by atoms with E-state index in [0.717, 1.165) is 0 Å². The maximum Gasteiger partial charge on any atom is 0 e. The van der Waals surface area contributed by atoms with Gasteiger partial charge in [0.2, 0.25) is 0 Å². The van der Waals surface area contributed by atoms with Gasteiger partial charge in [0, 0.05) is 49.7 Å². The third kappa shape index (κ3) is 10.1.